The van der Waals surface area contributed by atoms with Crippen molar-refractivity contribution < 1.29 is 26.1 Å². The molecule has 1 aliphatic rings. The van der Waals surface area contributed by atoms with Crippen LogP contribution >= 0.6 is 0 Å². The van der Waals surface area contributed by atoms with Crippen molar-refractivity contribution in [2.45, 2.75) is 37.8 Å². The highest BCUT2D eigenvalue weighted by Gasteiger charge is 2.27. The van der Waals surface area contributed by atoms with Gasteiger partial charge in [0.2, 0.25) is 0 Å². The predicted molar refractivity (Wildman–Crippen MR) is 107 cm³/mol. The number of benzene rings is 2. The summed E-state index contributed by atoms with van der Waals surface area (Å²) in [6.45, 7) is 4.15. The molecule has 2 heterocycles. The molecule has 0 bridgehead atoms. The Labute approximate surface area is 177 Å². The van der Waals surface area contributed by atoms with Crippen LogP contribution in [0.25, 0.3) is 0 Å². The van der Waals surface area contributed by atoms with Crippen molar-refractivity contribution in [2.24, 2.45) is 0 Å². The minimum atomic E-state index is -3.89. The lowest BCUT2D eigenvalue weighted by atomic mass is 9.96. The van der Waals surface area contributed by atoms with Gasteiger partial charge in [0.1, 0.15) is 11.6 Å². The van der Waals surface area contributed by atoms with E-state index in [0.717, 1.165) is 17.2 Å². The third-order valence-electron chi connectivity index (χ3n) is 5.42. The summed E-state index contributed by atoms with van der Waals surface area (Å²) < 4.78 is 74.2. The van der Waals surface area contributed by atoms with Gasteiger partial charge in [-0.15, -0.1) is 0 Å². The highest BCUT2D eigenvalue weighted by atomic mass is 32.2. The van der Waals surface area contributed by atoms with Gasteiger partial charge in [-0.1, -0.05) is 11.2 Å². The van der Waals surface area contributed by atoms with Crippen LogP contribution in [0.1, 0.15) is 35.4 Å². The number of fused-ring (bicyclic) bond motifs is 1. The molecule has 0 saturated heterocycles. The summed E-state index contributed by atoms with van der Waals surface area (Å²) in [7, 11) is -3.89. The van der Waals surface area contributed by atoms with Crippen molar-refractivity contribution >= 4 is 15.8 Å². The highest BCUT2D eigenvalue weighted by Crippen LogP contribution is 2.31. The molecular weight excluding hydrogens is 431 g/mol. The van der Waals surface area contributed by atoms with E-state index < -0.39 is 33.5 Å². The molecule has 0 spiro atoms. The number of aromatic nitrogens is 1. The first-order valence-electron chi connectivity index (χ1n) is 9.60. The van der Waals surface area contributed by atoms with E-state index in [1.165, 1.54) is 12.1 Å². The van der Waals surface area contributed by atoms with Crippen LogP contribution in [0, 0.1) is 24.4 Å². The summed E-state index contributed by atoms with van der Waals surface area (Å²) >= 11 is 0. The van der Waals surface area contributed by atoms with Crippen LogP contribution in [0.3, 0.4) is 0 Å². The summed E-state index contributed by atoms with van der Waals surface area (Å²) in [5.74, 6) is -2.62. The van der Waals surface area contributed by atoms with Crippen molar-refractivity contribution in [1.29, 1.82) is 0 Å². The van der Waals surface area contributed by atoms with Crippen LogP contribution in [0.15, 0.2) is 45.8 Å². The molecule has 2 aromatic carbocycles. The van der Waals surface area contributed by atoms with Crippen molar-refractivity contribution in [1.82, 2.24) is 10.1 Å². The molecule has 0 amide bonds. The summed E-state index contributed by atoms with van der Waals surface area (Å²) in [4.78, 5) is 1.90. The first-order valence-corrected chi connectivity index (χ1v) is 11.1. The van der Waals surface area contributed by atoms with Crippen LogP contribution in [-0.2, 0) is 23.0 Å². The molecule has 6 nitrogen and oxygen atoms in total. The molecule has 3 aromatic rings. The molecule has 0 fully saturated rings. The Morgan fingerprint density at radius 2 is 1.90 bits per heavy atom. The predicted octanol–water partition coefficient (Wildman–Crippen LogP) is 4.32. The number of sulfonamides is 1. The van der Waals surface area contributed by atoms with Crippen LogP contribution in [-0.4, -0.2) is 25.0 Å². The Morgan fingerprint density at radius 3 is 2.61 bits per heavy atom. The Bertz CT molecular complexity index is 1240. The number of halogens is 3. The second-order valence-corrected chi connectivity index (χ2v) is 9.23. The minimum Gasteiger partial charge on any atom is -0.360 e. The Kier molecular flexibility index (Phi) is 5.52. The molecule has 1 aromatic heterocycles. The third-order valence-corrected chi connectivity index (χ3v) is 6.77. The van der Waals surface area contributed by atoms with E-state index in [-0.39, 0.29) is 16.3 Å². The van der Waals surface area contributed by atoms with Crippen LogP contribution < -0.4 is 4.72 Å². The zero-order valence-electron chi connectivity index (χ0n) is 16.8. The van der Waals surface area contributed by atoms with Crippen molar-refractivity contribution in [2.75, 3.05) is 11.3 Å². The molecule has 4 rings (SSSR count). The quantitative estimate of drug-likeness (QED) is 0.585. The van der Waals surface area contributed by atoms with E-state index >= 15 is 0 Å². The number of nitrogens with one attached hydrogen (secondary N) is 1. The smallest absolute Gasteiger partial charge is 0.263 e. The average Bonchev–Trinajstić information content (AvgIpc) is 3.13. The lowest BCUT2D eigenvalue weighted by Crippen LogP contribution is -2.33. The van der Waals surface area contributed by atoms with Crippen molar-refractivity contribution in [3.63, 3.8) is 0 Å². The fraction of sp³-hybridized carbons (Fsp3) is 0.286. The summed E-state index contributed by atoms with van der Waals surface area (Å²) in [6.07, 6.45) is 0.593. The van der Waals surface area contributed by atoms with Crippen molar-refractivity contribution in [3.8, 4) is 0 Å². The van der Waals surface area contributed by atoms with Gasteiger partial charge in [-0.3, -0.25) is 9.62 Å². The van der Waals surface area contributed by atoms with Gasteiger partial charge in [-0.25, -0.2) is 21.6 Å². The Hall–Kier alpha value is -2.85. The maximum atomic E-state index is 14.2. The topological polar surface area (TPSA) is 75.4 Å². The second kappa shape index (κ2) is 8.01. The third kappa shape index (κ3) is 4.31. The Morgan fingerprint density at radius 1 is 1.13 bits per heavy atom. The summed E-state index contributed by atoms with van der Waals surface area (Å²) in [6, 6.07) is 7.16. The van der Waals surface area contributed by atoms with Gasteiger partial charge in [0, 0.05) is 36.8 Å². The van der Waals surface area contributed by atoms with E-state index in [1.807, 2.05) is 4.90 Å². The SMILES string of the molecule is Cc1cc(NS(=O)(=O)c2ccc3c(c2)CN([C@H](C)c2cc(F)cc(F)c2F)CC3)no1. The molecule has 1 N–H and O–H groups in total. The molecule has 0 unspecified atom stereocenters. The maximum absolute atomic E-state index is 14.2. The largest absolute Gasteiger partial charge is 0.360 e. The zero-order valence-corrected chi connectivity index (χ0v) is 17.6. The monoisotopic (exact) mass is 451 g/mol. The van der Waals surface area contributed by atoms with E-state index in [9.17, 15) is 21.6 Å². The van der Waals surface area contributed by atoms with E-state index in [2.05, 4.69) is 9.88 Å². The number of rotatable bonds is 5. The van der Waals surface area contributed by atoms with Crippen LogP contribution in [0.5, 0.6) is 0 Å². The van der Waals surface area contributed by atoms with Gasteiger partial charge in [0.25, 0.3) is 10.0 Å². The van der Waals surface area contributed by atoms with Crippen LogP contribution in [0.2, 0.25) is 0 Å². The van der Waals surface area contributed by atoms with Gasteiger partial charge in [0.05, 0.1) is 4.90 Å². The van der Waals surface area contributed by atoms with E-state index in [4.69, 9.17) is 4.52 Å². The fourth-order valence-electron chi connectivity index (χ4n) is 3.74. The average molecular weight is 451 g/mol. The van der Waals surface area contributed by atoms with Crippen LogP contribution in [0.4, 0.5) is 19.0 Å². The molecule has 0 radical (unpaired) electrons. The summed E-state index contributed by atoms with van der Waals surface area (Å²) in [5.41, 5.74) is 1.63. The summed E-state index contributed by atoms with van der Waals surface area (Å²) in [5, 5.41) is 3.63. The fourth-order valence-corrected chi connectivity index (χ4v) is 4.77. The Balaban J connectivity index is 1.59. The van der Waals surface area contributed by atoms with Gasteiger partial charge >= 0.3 is 0 Å². The molecule has 1 atom stereocenters. The highest BCUT2D eigenvalue weighted by molar-refractivity contribution is 7.92. The number of hydrogen-bond acceptors (Lipinski definition) is 5. The van der Waals surface area contributed by atoms with E-state index in [1.54, 1.807) is 26.0 Å². The van der Waals surface area contributed by atoms with Gasteiger partial charge in [-0.05, 0) is 49.6 Å². The van der Waals surface area contributed by atoms with Gasteiger partial charge in [0.15, 0.2) is 17.5 Å². The zero-order chi connectivity index (χ0) is 22.3. The number of hydrogen-bond donors (Lipinski definition) is 1. The lowest BCUT2D eigenvalue weighted by molar-refractivity contribution is 0.187. The molecule has 164 valence electrons. The normalized spacial score (nSPS) is 15.5. The minimum absolute atomic E-state index is 0.0457. The maximum Gasteiger partial charge on any atom is 0.263 e. The lowest BCUT2D eigenvalue weighted by Gasteiger charge is -2.34. The molecule has 0 saturated carbocycles. The number of nitrogens with zero attached hydrogens (tertiary/aromatic N) is 2. The van der Waals surface area contributed by atoms with Crippen molar-refractivity contribution in [3.05, 3.63) is 76.3 Å². The molecule has 31 heavy (non-hydrogen) atoms. The molecule has 10 heteroatoms. The number of anilines is 1. The van der Waals surface area contributed by atoms with Gasteiger partial charge < -0.3 is 4.52 Å². The second-order valence-electron chi connectivity index (χ2n) is 7.55. The molecule has 0 aliphatic carbocycles. The molecule has 1 aliphatic heterocycles. The standard InChI is InChI=1S/C21H20F3N3O3S/c1-12-7-20(25-30-12)26-31(28,29)17-4-3-14-5-6-27(11-15(14)8-17)13(2)18-9-16(22)10-19(23)21(18)24/h3-4,7-10,13H,5-6,11H2,1-2H3,(H,25,26)/t13-/m1/s1. The number of aryl methyl sites for hydroxylation is 1. The first-order chi connectivity index (χ1) is 14.6. The molecular formula is C21H20F3N3O3S. The first kappa shape index (κ1) is 21.4. The van der Waals surface area contributed by atoms with E-state index in [0.29, 0.717) is 31.3 Å². The van der Waals surface area contributed by atoms with Gasteiger partial charge in [-0.2, -0.15) is 0 Å².